The van der Waals surface area contributed by atoms with E-state index < -0.39 is 10.0 Å². The van der Waals surface area contributed by atoms with E-state index in [1.165, 1.54) is 4.31 Å². The fourth-order valence-corrected chi connectivity index (χ4v) is 5.60. The Morgan fingerprint density at radius 2 is 2.16 bits per heavy atom. The summed E-state index contributed by atoms with van der Waals surface area (Å²) < 4.78 is 41.7. The summed E-state index contributed by atoms with van der Waals surface area (Å²) in [4.78, 5) is 0.207. The quantitative estimate of drug-likeness (QED) is 0.692. The van der Waals surface area contributed by atoms with Crippen molar-refractivity contribution >= 4 is 32.8 Å². The molecule has 1 atom stereocenters. The number of hydrogen-bond acceptors (Lipinski definition) is 7. The van der Waals surface area contributed by atoms with Crippen LogP contribution in [-0.2, 0) is 10.0 Å². The number of hydrogen-bond donors (Lipinski definition) is 0. The van der Waals surface area contributed by atoms with E-state index in [0.717, 1.165) is 30.3 Å². The summed E-state index contributed by atoms with van der Waals surface area (Å²) in [6.45, 7) is 4.50. The first-order valence-electron chi connectivity index (χ1n) is 8.18. The molecular formula is C16H18N4O3S2. The third-order valence-corrected chi connectivity index (χ3v) is 6.98. The molecule has 0 N–H and O–H groups in total. The van der Waals surface area contributed by atoms with Gasteiger partial charge in [-0.1, -0.05) is 25.1 Å². The Bertz CT molecular complexity index is 1010. The van der Waals surface area contributed by atoms with Crippen molar-refractivity contribution in [1.29, 1.82) is 0 Å². The molecule has 1 saturated heterocycles. The summed E-state index contributed by atoms with van der Waals surface area (Å²) in [6, 6.07) is 6.63. The van der Waals surface area contributed by atoms with Crippen LogP contribution in [-0.4, -0.2) is 33.2 Å². The van der Waals surface area contributed by atoms with Gasteiger partial charge in [-0.25, -0.2) is 8.42 Å². The van der Waals surface area contributed by atoms with Gasteiger partial charge in [-0.05, 0) is 25.0 Å². The number of benzene rings is 1. The smallest absolute Gasteiger partial charge is 0.245 e. The van der Waals surface area contributed by atoms with Gasteiger partial charge in [0.25, 0.3) is 0 Å². The van der Waals surface area contributed by atoms with E-state index in [9.17, 15) is 8.42 Å². The molecule has 1 aliphatic heterocycles. The second kappa shape index (κ2) is 6.15. The number of nitrogens with zero attached hydrogens (tertiary/aromatic N) is 4. The van der Waals surface area contributed by atoms with Gasteiger partial charge in [-0.3, -0.25) is 0 Å². The molecule has 0 saturated carbocycles. The Morgan fingerprint density at radius 3 is 2.92 bits per heavy atom. The fourth-order valence-electron chi connectivity index (χ4n) is 3.17. The van der Waals surface area contributed by atoms with Crippen LogP contribution in [0.3, 0.4) is 0 Å². The third-order valence-electron chi connectivity index (χ3n) is 4.50. The maximum atomic E-state index is 13.3. The highest BCUT2D eigenvalue weighted by Crippen LogP contribution is 2.38. The van der Waals surface area contributed by atoms with Crippen LogP contribution in [0.25, 0.3) is 11.0 Å². The zero-order valence-electron chi connectivity index (χ0n) is 13.9. The lowest BCUT2D eigenvalue weighted by Crippen LogP contribution is -2.31. The van der Waals surface area contributed by atoms with Crippen LogP contribution in [0.15, 0.2) is 33.7 Å². The maximum Gasteiger partial charge on any atom is 0.245 e. The Morgan fingerprint density at radius 1 is 1.32 bits per heavy atom. The molecule has 25 heavy (non-hydrogen) atoms. The average Bonchev–Trinajstić information content (AvgIpc) is 3.31. The molecule has 0 aliphatic carbocycles. The van der Waals surface area contributed by atoms with E-state index in [-0.39, 0.29) is 16.9 Å². The minimum atomic E-state index is -3.69. The second-order valence-electron chi connectivity index (χ2n) is 6.47. The first kappa shape index (κ1) is 16.6. The summed E-state index contributed by atoms with van der Waals surface area (Å²) in [7, 11) is -3.69. The summed E-state index contributed by atoms with van der Waals surface area (Å²) in [6.07, 6.45) is 1.52. The van der Waals surface area contributed by atoms with Crippen LogP contribution in [0.1, 0.15) is 50.1 Å². The summed E-state index contributed by atoms with van der Waals surface area (Å²) in [5.41, 5.74) is 1.71. The number of sulfonamides is 1. The van der Waals surface area contributed by atoms with E-state index in [2.05, 4.69) is 13.9 Å². The Labute approximate surface area is 150 Å². The van der Waals surface area contributed by atoms with Crippen molar-refractivity contribution in [2.75, 3.05) is 6.54 Å². The van der Waals surface area contributed by atoms with Crippen molar-refractivity contribution in [3.05, 3.63) is 35.7 Å². The highest BCUT2D eigenvalue weighted by Gasteiger charge is 2.39. The van der Waals surface area contributed by atoms with Gasteiger partial charge in [0.15, 0.2) is 0 Å². The lowest BCUT2D eigenvalue weighted by atomic mass is 10.1. The zero-order valence-corrected chi connectivity index (χ0v) is 15.5. The molecule has 4 rings (SSSR count). The van der Waals surface area contributed by atoms with E-state index in [4.69, 9.17) is 4.52 Å². The lowest BCUT2D eigenvalue weighted by molar-refractivity contribution is 0.338. The topological polar surface area (TPSA) is 89.2 Å². The summed E-state index contributed by atoms with van der Waals surface area (Å²) >= 11 is 1.02. The van der Waals surface area contributed by atoms with Gasteiger partial charge >= 0.3 is 0 Å². The molecule has 2 aromatic heterocycles. The SMILES string of the molecule is CC(C)c1cc(C2CCCN2S(=O)(=O)c2cccc3nsnc23)no1. The second-order valence-corrected chi connectivity index (χ2v) is 8.86. The van der Waals surface area contributed by atoms with Crippen LogP contribution < -0.4 is 0 Å². The van der Waals surface area contributed by atoms with Crippen LogP contribution >= 0.6 is 11.7 Å². The largest absolute Gasteiger partial charge is 0.361 e. The predicted molar refractivity (Wildman–Crippen MR) is 93.9 cm³/mol. The van der Waals surface area contributed by atoms with Gasteiger partial charge in [-0.15, -0.1) is 0 Å². The van der Waals surface area contributed by atoms with Crippen LogP contribution in [0, 0.1) is 0 Å². The first-order valence-corrected chi connectivity index (χ1v) is 10.3. The van der Waals surface area contributed by atoms with Crippen molar-refractivity contribution in [1.82, 2.24) is 18.2 Å². The summed E-state index contributed by atoms with van der Waals surface area (Å²) in [5.74, 6) is 0.979. The molecular weight excluding hydrogens is 360 g/mol. The van der Waals surface area contributed by atoms with Crippen molar-refractivity contribution in [3.8, 4) is 0 Å². The molecule has 1 aliphatic rings. The molecule has 0 spiro atoms. The highest BCUT2D eigenvalue weighted by molar-refractivity contribution is 7.89. The molecule has 7 nitrogen and oxygen atoms in total. The molecule has 0 amide bonds. The predicted octanol–water partition coefficient (Wildman–Crippen LogP) is 3.33. The number of fused-ring (bicyclic) bond motifs is 1. The molecule has 1 aromatic carbocycles. The molecule has 0 bridgehead atoms. The molecule has 3 heterocycles. The molecule has 9 heteroatoms. The summed E-state index contributed by atoms with van der Waals surface area (Å²) in [5, 5.41) is 4.12. The third kappa shape index (κ3) is 2.76. The van der Waals surface area contributed by atoms with E-state index >= 15 is 0 Å². The maximum absolute atomic E-state index is 13.3. The van der Waals surface area contributed by atoms with Gasteiger partial charge in [0, 0.05) is 18.5 Å². The van der Waals surface area contributed by atoms with E-state index in [0.29, 0.717) is 23.3 Å². The Balaban J connectivity index is 1.75. The minimum Gasteiger partial charge on any atom is -0.361 e. The lowest BCUT2D eigenvalue weighted by Gasteiger charge is -2.22. The number of aromatic nitrogens is 3. The molecule has 3 aromatic rings. The average molecular weight is 378 g/mol. The molecule has 132 valence electrons. The molecule has 1 fully saturated rings. The van der Waals surface area contributed by atoms with Crippen LogP contribution in [0.5, 0.6) is 0 Å². The van der Waals surface area contributed by atoms with Crippen LogP contribution in [0.2, 0.25) is 0 Å². The van der Waals surface area contributed by atoms with Crippen molar-refractivity contribution in [2.45, 2.75) is 43.5 Å². The van der Waals surface area contributed by atoms with E-state index in [1.54, 1.807) is 18.2 Å². The number of rotatable bonds is 4. The van der Waals surface area contributed by atoms with Gasteiger partial charge in [0.2, 0.25) is 10.0 Å². The van der Waals surface area contributed by atoms with Crippen molar-refractivity contribution in [3.63, 3.8) is 0 Å². The Hall–Kier alpha value is -1.84. The van der Waals surface area contributed by atoms with Gasteiger partial charge < -0.3 is 4.52 Å². The first-order chi connectivity index (χ1) is 12.0. The van der Waals surface area contributed by atoms with Gasteiger partial charge in [-0.2, -0.15) is 13.1 Å². The van der Waals surface area contributed by atoms with Crippen molar-refractivity contribution < 1.29 is 12.9 Å². The zero-order chi connectivity index (χ0) is 17.6. The molecule has 0 radical (unpaired) electrons. The van der Waals surface area contributed by atoms with Crippen molar-refractivity contribution in [2.24, 2.45) is 0 Å². The minimum absolute atomic E-state index is 0.207. The van der Waals surface area contributed by atoms with Gasteiger partial charge in [0.1, 0.15) is 27.4 Å². The van der Waals surface area contributed by atoms with Gasteiger partial charge in [0.05, 0.1) is 17.8 Å². The fraction of sp³-hybridized carbons (Fsp3) is 0.438. The normalized spacial score (nSPS) is 19.2. The standard InChI is InChI=1S/C16H18N4O3S2/c1-10(2)14-9-12(17-23-14)13-6-4-8-20(13)25(21,22)15-7-3-5-11-16(15)19-24-18-11/h3,5,7,9-10,13H,4,6,8H2,1-2H3. The monoisotopic (exact) mass is 378 g/mol. The Kier molecular flexibility index (Phi) is 4.09. The van der Waals surface area contributed by atoms with E-state index in [1.807, 2.05) is 19.9 Å². The highest BCUT2D eigenvalue weighted by atomic mass is 32.2. The van der Waals surface area contributed by atoms with Crippen LogP contribution in [0.4, 0.5) is 0 Å². The molecule has 1 unspecified atom stereocenters.